The SMILES string of the molecule is C#CCCCCC(=O)N1CC2CCCNC2C1. The van der Waals surface area contributed by atoms with Gasteiger partial charge in [-0.2, -0.15) is 0 Å². The Morgan fingerprint density at radius 1 is 1.41 bits per heavy atom. The first-order valence-electron chi connectivity index (χ1n) is 6.76. The highest BCUT2D eigenvalue weighted by Crippen LogP contribution is 2.25. The Hall–Kier alpha value is -1.01. The van der Waals surface area contributed by atoms with Crippen LogP contribution in [-0.2, 0) is 4.79 Å². The fourth-order valence-corrected chi connectivity index (χ4v) is 2.91. The van der Waals surface area contributed by atoms with E-state index in [1.807, 2.05) is 4.90 Å². The molecule has 0 aromatic rings. The van der Waals surface area contributed by atoms with Gasteiger partial charge in [0.25, 0.3) is 0 Å². The highest BCUT2D eigenvalue weighted by molar-refractivity contribution is 5.76. The minimum atomic E-state index is 0.318. The average molecular weight is 234 g/mol. The molecule has 2 heterocycles. The summed E-state index contributed by atoms with van der Waals surface area (Å²) in [4.78, 5) is 14.0. The normalized spacial score (nSPS) is 27.6. The van der Waals surface area contributed by atoms with Crippen molar-refractivity contribution >= 4 is 5.91 Å². The van der Waals surface area contributed by atoms with E-state index < -0.39 is 0 Å². The van der Waals surface area contributed by atoms with E-state index in [-0.39, 0.29) is 0 Å². The molecule has 0 aliphatic carbocycles. The van der Waals surface area contributed by atoms with Gasteiger partial charge in [0.2, 0.25) is 5.91 Å². The smallest absolute Gasteiger partial charge is 0.222 e. The summed E-state index contributed by atoms with van der Waals surface area (Å²) in [6.45, 7) is 3.00. The van der Waals surface area contributed by atoms with E-state index in [1.165, 1.54) is 12.8 Å². The number of nitrogens with zero attached hydrogens (tertiary/aromatic N) is 1. The summed E-state index contributed by atoms with van der Waals surface area (Å²) in [6.07, 6.45) is 11.1. The van der Waals surface area contributed by atoms with Gasteiger partial charge in [0.1, 0.15) is 0 Å². The lowest BCUT2D eigenvalue weighted by Crippen LogP contribution is -2.41. The molecule has 2 rings (SSSR count). The summed E-state index contributed by atoms with van der Waals surface area (Å²) >= 11 is 0. The number of carbonyl (C=O) groups excluding carboxylic acids is 1. The third kappa shape index (κ3) is 3.23. The molecule has 1 amide bonds. The van der Waals surface area contributed by atoms with Crippen LogP contribution in [0.15, 0.2) is 0 Å². The number of piperidine rings is 1. The number of terminal acetylenes is 1. The van der Waals surface area contributed by atoms with Crippen LogP contribution >= 0.6 is 0 Å². The van der Waals surface area contributed by atoms with Crippen LogP contribution in [0.5, 0.6) is 0 Å². The second-order valence-corrected chi connectivity index (χ2v) is 5.17. The summed E-state index contributed by atoms with van der Waals surface area (Å²) in [7, 11) is 0. The zero-order chi connectivity index (χ0) is 12.1. The molecule has 0 bridgehead atoms. The molecule has 0 aromatic carbocycles. The number of hydrogen-bond donors (Lipinski definition) is 1. The quantitative estimate of drug-likeness (QED) is 0.589. The first-order valence-corrected chi connectivity index (χ1v) is 6.76. The average Bonchev–Trinajstić information content (AvgIpc) is 2.78. The maximum atomic E-state index is 12.0. The van der Waals surface area contributed by atoms with Gasteiger partial charge in [-0.15, -0.1) is 12.3 Å². The van der Waals surface area contributed by atoms with Crippen molar-refractivity contribution < 1.29 is 4.79 Å². The lowest BCUT2D eigenvalue weighted by molar-refractivity contribution is -0.130. The Morgan fingerprint density at radius 3 is 3.06 bits per heavy atom. The summed E-state index contributed by atoms with van der Waals surface area (Å²) in [5, 5.41) is 3.52. The molecule has 2 fully saturated rings. The summed E-state index contributed by atoms with van der Waals surface area (Å²) in [5.41, 5.74) is 0. The highest BCUT2D eigenvalue weighted by atomic mass is 16.2. The van der Waals surface area contributed by atoms with E-state index in [0.717, 1.165) is 38.9 Å². The molecule has 2 atom stereocenters. The molecule has 3 nitrogen and oxygen atoms in total. The van der Waals surface area contributed by atoms with Crippen molar-refractivity contribution in [2.24, 2.45) is 5.92 Å². The Bertz CT molecular complexity index is 294. The molecule has 3 heteroatoms. The molecule has 2 unspecified atom stereocenters. The first-order chi connectivity index (χ1) is 8.31. The predicted molar refractivity (Wildman–Crippen MR) is 68.4 cm³/mol. The minimum absolute atomic E-state index is 0.318. The molecule has 94 valence electrons. The lowest BCUT2D eigenvalue weighted by atomic mass is 9.94. The summed E-state index contributed by atoms with van der Waals surface area (Å²) in [5.74, 6) is 3.63. The maximum Gasteiger partial charge on any atom is 0.222 e. The van der Waals surface area contributed by atoms with Crippen LogP contribution < -0.4 is 5.32 Å². The van der Waals surface area contributed by atoms with Gasteiger partial charge in [-0.05, 0) is 38.1 Å². The Labute approximate surface area is 104 Å². The molecule has 1 N–H and O–H groups in total. The topological polar surface area (TPSA) is 32.3 Å². The van der Waals surface area contributed by atoms with Crippen LogP contribution in [0.4, 0.5) is 0 Å². The van der Waals surface area contributed by atoms with Crippen LogP contribution in [0.1, 0.15) is 38.5 Å². The zero-order valence-electron chi connectivity index (χ0n) is 10.5. The number of rotatable bonds is 4. The van der Waals surface area contributed by atoms with Crippen molar-refractivity contribution in [3.8, 4) is 12.3 Å². The van der Waals surface area contributed by atoms with Gasteiger partial charge in [0.05, 0.1) is 0 Å². The lowest BCUT2D eigenvalue weighted by Gasteiger charge is -2.24. The molecule has 2 aliphatic heterocycles. The van der Waals surface area contributed by atoms with Crippen molar-refractivity contribution in [2.75, 3.05) is 19.6 Å². The van der Waals surface area contributed by atoms with E-state index >= 15 is 0 Å². The number of carbonyl (C=O) groups is 1. The second kappa shape index (κ2) is 6.07. The van der Waals surface area contributed by atoms with Gasteiger partial charge in [0, 0.05) is 32.0 Å². The molecular formula is C14H22N2O. The zero-order valence-corrected chi connectivity index (χ0v) is 10.5. The molecule has 0 spiro atoms. The standard InChI is InChI=1S/C14H22N2O/c1-2-3-4-5-8-14(17)16-10-12-7-6-9-15-13(12)11-16/h1,12-13,15H,3-11H2. The van der Waals surface area contributed by atoms with Gasteiger partial charge in [-0.3, -0.25) is 4.79 Å². The van der Waals surface area contributed by atoms with Gasteiger partial charge >= 0.3 is 0 Å². The largest absolute Gasteiger partial charge is 0.341 e. The minimum Gasteiger partial charge on any atom is -0.341 e. The maximum absolute atomic E-state index is 12.0. The second-order valence-electron chi connectivity index (χ2n) is 5.17. The third-order valence-corrected chi connectivity index (χ3v) is 3.91. The van der Waals surface area contributed by atoms with E-state index in [9.17, 15) is 4.79 Å². The van der Waals surface area contributed by atoms with Crippen LogP contribution in [0.2, 0.25) is 0 Å². The van der Waals surface area contributed by atoms with E-state index in [0.29, 0.717) is 24.3 Å². The number of likely N-dealkylation sites (tertiary alicyclic amines) is 1. The molecular weight excluding hydrogens is 212 g/mol. The molecule has 0 radical (unpaired) electrons. The van der Waals surface area contributed by atoms with E-state index in [1.54, 1.807) is 0 Å². The van der Waals surface area contributed by atoms with Crippen LogP contribution in [0.3, 0.4) is 0 Å². The van der Waals surface area contributed by atoms with Crippen LogP contribution in [0, 0.1) is 18.3 Å². The van der Waals surface area contributed by atoms with Gasteiger partial charge in [-0.25, -0.2) is 0 Å². The van der Waals surface area contributed by atoms with Crippen molar-refractivity contribution in [3.05, 3.63) is 0 Å². The van der Waals surface area contributed by atoms with Crippen molar-refractivity contribution in [1.29, 1.82) is 0 Å². The highest BCUT2D eigenvalue weighted by Gasteiger charge is 2.35. The van der Waals surface area contributed by atoms with Crippen LogP contribution in [0.25, 0.3) is 0 Å². The molecule has 0 aromatic heterocycles. The molecule has 0 saturated carbocycles. The molecule has 17 heavy (non-hydrogen) atoms. The molecule has 2 saturated heterocycles. The fraction of sp³-hybridized carbons (Fsp3) is 0.786. The van der Waals surface area contributed by atoms with Crippen molar-refractivity contribution in [1.82, 2.24) is 10.2 Å². The first kappa shape index (κ1) is 12.4. The number of nitrogens with one attached hydrogen (secondary N) is 1. The Balaban J connectivity index is 1.72. The van der Waals surface area contributed by atoms with Gasteiger partial charge in [-0.1, -0.05) is 0 Å². The number of hydrogen-bond acceptors (Lipinski definition) is 2. The van der Waals surface area contributed by atoms with Crippen molar-refractivity contribution in [2.45, 2.75) is 44.6 Å². The number of unbranched alkanes of at least 4 members (excludes halogenated alkanes) is 2. The van der Waals surface area contributed by atoms with Gasteiger partial charge < -0.3 is 10.2 Å². The fourth-order valence-electron chi connectivity index (χ4n) is 2.91. The number of amides is 1. The molecule has 2 aliphatic rings. The van der Waals surface area contributed by atoms with Crippen molar-refractivity contribution in [3.63, 3.8) is 0 Å². The predicted octanol–water partition coefficient (Wildman–Crippen LogP) is 1.39. The Morgan fingerprint density at radius 2 is 2.29 bits per heavy atom. The number of fused-ring (bicyclic) bond motifs is 1. The van der Waals surface area contributed by atoms with Gasteiger partial charge in [0.15, 0.2) is 0 Å². The summed E-state index contributed by atoms with van der Waals surface area (Å²) in [6, 6.07) is 0.554. The Kier molecular flexibility index (Phi) is 4.44. The van der Waals surface area contributed by atoms with E-state index in [4.69, 9.17) is 6.42 Å². The van der Waals surface area contributed by atoms with Crippen LogP contribution in [-0.4, -0.2) is 36.5 Å². The summed E-state index contributed by atoms with van der Waals surface area (Å²) < 4.78 is 0. The monoisotopic (exact) mass is 234 g/mol. The van der Waals surface area contributed by atoms with E-state index in [2.05, 4.69) is 11.2 Å². The third-order valence-electron chi connectivity index (χ3n) is 3.91.